The van der Waals surface area contributed by atoms with Crippen molar-refractivity contribution >= 4 is 29.2 Å². The minimum absolute atomic E-state index is 0.0667. The molecule has 0 aliphatic heterocycles. The lowest BCUT2D eigenvalue weighted by Crippen LogP contribution is -2.29. The van der Waals surface area contributed by atoms with Crippen molar-refractivity contribution in [3.8, 4) is 0 Å². The van der Waals surface area contributed by atoms with E-state index in [9.17, 15) is 10.1 Å². The molecule has 0 aromatic carbocycles. The Labute approximate surface area is 128 Å². The molecule has 1 aromatic heterocycles. The lowest BCUT2D eigenvalue weighted by Gasteiger charge is -2.28. The molecule has 0 saturated heterocycles. The summed E-state index contributed by atoms with van der Waals surface area (Å²) in [5.41, 5.74) is -0.0667. The smallest absolute Gasteiger partial charge is 0.329 e. The number of hydrogen-bond donors (Lipinski definition) is 2. The topological polar surface area (TPSA) is 93.0 Å². The number of aromatic nitrogens is 2. The van der Waals surface area contributed by atoms with Gasteiger partial charge in [-0.15, -0.1) is 0 Å². The normalized spacial score (nSPS) is 21.8. The third-order valence-electron chi connectivity index (χ3n) is 3.60. The van der Waals surface area contributed by atoms with E-state index in [1.807, 2.05) is 18.7 Å². The number of rotatable bonds is 6. The van der Waals surface area contributed by atoms with Gasteiger partial charge in [-0.3, -0.25) is 10.1 Å². The SMILES string of the molecule is CCNc1ncc([N+](=O)[O-])c(NC2CCCC(SC)C2)n1. The maximum Gasteiger partial charge on any atom is 0.329 e. The Morgan fingerprint density at radius 3 is 3.00 bits per heavy atom. The molecule has 21 heavy (non-hydrogen) atoms. The number of anilines is 2. The van der Waals surface area contributed by atoms with Crippen LogP contribution < -0.4 is 10.6 Å². The lowest BCUT2D eigenvalue weighted by molar-refractivity contribution is -0.384. The Hall–Kier alpha value is -1.57. The van der Waals surface area contributed by atoms with Gasteiger partial charge in [0.2, 0.25) is 11.8 Å². The summed E-state index contributed by atoms with van der Waals surface area (Å²) >= 11 is 1.86. The van der Waals surface area contributed by atoms with Crippen molar-refractivity contribution in [2.75, 3.05) is 23.4 Å². The van der Waals surface area contributed by atoms with Crippen LogP contribution in [0.4, 0.5) is 17.5 Å². The largest absolute Gasteiger partial charge is 0.361 e. The van der Waals surface area contributed by atoms with Crippen molar-refractivity contribution in [1.29, 1.82) is 0 Å². The van der Waals surface area contributed by atoms with Gasteiger partial charge in [-0.05, 0) is 32.4 Å². The highest BCUT2D eigenvalue weighted by molar-refractivity contribution is 7.99. The first-order chi connectivity index (χ1) is 10.1. The van der Waals surface area contributed by atoms with Gasteiger partial charge in [0.15, 0.2) is 0 Å². The molecule has 2 atom stereocenters. The van der Waals surface area contributed by atoms with Crippen molar-refractivity contribution < 1.29 is 4.92 Å². The maximum atomic E-state index is 11.1. The minimum Gasteiger partial charge on any atom is -0.361 e. The van der Waals surface area contributed by atoms with Gasteiger partial charge in [-0.1, -0.05) is 6.42 Å². The van der Waals surface area contributed by atoms with Crippen LogP contribution in [0.5, 0.6) is 0 Å². The summed E-state index contributed by atoms with van der Waals surface area (Å²) in [6.07, 6.45) is 7.77. The number of nitrogens with one attached hydrogen (secondary N) is 2. The fourth-order valence-electron chi connectivity index (χ4n) is 2.54. The first-order valence-electron chi connectivity index (χ1n) is 7.18. The van der Waals surface area contributed by atoms with E-state index in [4.69, 9.17) is 0 Å². The highest BCUT2D eigenvalue weighted by Gasteiger charge is 2.25. The van der Waals surface area contributed by atoms with Gasteiger partial charge in [-0.2, -0.15) is 16.7 Å². The lowest BCUT2D eigenvalue weighted by atomic mass is 9.95. The predicted octanol–water partition coefficient (Wildman–Crippen LogP) is 2.90. The van der Waals surface area contributed by atoms with Crippen molar-refractivity contribution in [1.82, 2.24) is 9.97 Å². The van der Waals surface area contributed by atoms with Crippen molar-refractivity contribution in [2.24, 2.45) is 0 Å². The average molecular weight is 311 g/mol. The summed E-state index contributed by atoms with van der Waals surface area (Å²) in [6.45, 7) is 2.61. The quantitative estimate of drug-likeness (QED) is 0.616. The van der Waals surface area contributed by atoms with Crippen LogP contribution in [-0.2, 0) is 0 Å². The second-order valence-corrected chi connectivity index (χ2v) is 6.22. The van der Waals surface area contributed by atoms with Crippen molar-refractivity contribution in [2.45, 2.75) is 43.9 Å². The molecule has 2 rings (SSSR count). The summed E-state index contributed by atoms with van der Waals surface area (Å²) in [5, 5.41) is 18.0. The van der Waals surface area contributed by atoms with Crippen LogP contribution in [0.25, 0.3) is 0 Å². The zero-order chi connectivity index (χ0) is 15.2. The molecule has 2 unspecified atom stereocenters. The van der Waals surface area contributed by atoms with Crippen LogP contribution in [0, 0.1) is 10.1 Å². The van der Waals surface area contributed by atoms with Crippen LogP contribution in [0.1, 0.15) is 32.6 Å². The molecule has 0 bridgehead atoms. The van der Waals surface area contributed by atoms with Gasteiger partial charge in [0.05, 0.1) is 4.92 Å². The Bertz CT molecular complexity index is 499. The van der Waals surface area contributed by atoms with E-state index >= 15 is 0 Å². The third kappa shape index (κ3) is 4.20. The summed E-state index contributed by atoms with van der Waals surface area (Å²) < 4.78 is 0. The molecule has 0 radical (unpaired) electrons. The van der Waals surface area contributed by atoms with E-state index in [2.05, 4.69) is 26.9 Å². The first kappa shape index (κ1) is 15.8. The number of thioether (sulfide) groups is 1. The Morgan fingerprint density at radius 1 is 1.52 bits per heavy atom. The second kappa shape index (κ2) is 7.44. The molecule has 1 fully saturated rings. The second-order valence-electron chi connectivity index (χ2n) is 5.08. The van der Waals surface area contributed by atoms with Crippen LogP contribution in [-0.4, -0.2) is 39.0 Å². The minimum atomic E-state index is -0.438. The Balaban J connectivity index is 2.16. The van der Waals surface area contributed by atoms with E-state index < -0.39 is 4.92 Å². The molecule has 2 N–H and O–H groups in total. The van der Waals surface area contributed by atoms with Gasteiger partial charge in [0, 0.05) is 17.8 Å². The molecule has 7 nitrogen and oxygen atoms in total. The predicted molar refractivity (Wildman–Crippen MR) is 86.0 cm³/mol. The first-order valence-corrected chi connectivity index (χ1v) is 8.47. The molecule has 1 aliphatic carbocycles. The van der Waals surface area contributed by atoms with Crippen LogP contribution in [0.15, 0.2) is 6.20 Å². The van der Waals surface area contributed by atoms with E-state index in [0.29, 0.717) is 23.6 Å². The van der Waals surface area contributed by atoms with Crippen LogP contribution >= 0.6 is 11.8 Å². The molecular weight excluding hydrogens is 290 g/mol. The summed E-state index contributed by atoms with van der Waals surface area (Å²) in [7, 11) is 0. The van der Waals surface area contributed by atoms with E-state index in [-0.39, 0.29) is 11.7 Å². The number of nitrogens with zero attached hydrogens (tertiary/aromatic N) is 3. The van der Waals surface area contributed by atoms with E-state index in [0.717, 1.165) is 19.3 Å². The average Bonchev–Trinajstić information content (AvgIpc) is 2.48. The van der Waals surface area contributed by atoms with E-state index in [1.165, 1.54) is 12.6 Å². The zero-order valence-electron chi connectivity index (χ0n) is 12.3. The fourth-order valence-corrected chi connectivity index (χ4v) is 3.37. The third-order valence-corrected chi connectivity index (χ3v) is 4.70. The Morgan fingerprint density at radius 2 is 2.33 bits per heavy atom. The maximum absolute atomic E-state index is 11.1. The van der Waals surface area contributed by atoms with Gasteiger partial charge in [-0.25, -0.2) is 4.98 Å². The van der Waals surface area contributed by atoms with Crippen molar-refractivity contribution in [3.05, 3.63) is 16.3 Å². The van der Waals surface area contributed by atoms with Gasteiger partial charge in [0.25, 0.3) is 0 Å². The molecule has 1 heterocycles. The summed E-state index contributed by atoms with van der Waals surface area (Å²) in [4.78, 5) is 18.9. The van der Waals surface area contributed by atoms with Gasteiger partial charge < -0.3 is 10.6 Å². The fraction of sp³-hybridized carbons (Fsp3) is 0.692. The van der Waals surface area contributed by atoms with Gasteiger partial charge in [0.1, 0.15) is 6.20 Å². The molecule has 116 valence electrons. The molecule has 0 amide bonds. The molecular formula is C13H21N5O2S. The zero-order valence-corrected chi connectivity index (χ0v) is 13.2. The van der Waals surface area contributed by atoms with Crippen molar-refractivity contribution in [3.63, 3.8) is 0 Å². The molecule has 1 saturated carbocycles. The van der Waals surface area contributed by atoms with Crippen LogP contribution in [0.2, 0.25) is 0 Å². The number of hydrogen-bond acceptors (Lipinski definition) is 7. The molecule has 8 heteroatoms. The highest BCUT2D eigenvalue weighted by atomic mass is 32.2. The van der Waals surface area contributed by atoms with Crippen LogP contribution in [0.3, 0.4) is 0 Å². The molecule has 0 spiro atoms. The standard InChI is InChI=1S/C13H21N5O2S/c1-3-14-13-15-8-11(18(19)20)12(17-13)16-9-5-4-6-10(7-9)21-2/h8-10H,3-7H2,1-2H3,(H2,14,15,16,17). The summed E-state index contributed by atoms with van der Waals surface area (Å²) in [5.74, 6) is 0.737. The highest BCUT2D eigenvalue weighted by Crippen LogP contribution is 2.30. The molecule has 1 aliphatic rings. The van der Waals surface area contributed by atoms with Gasteiger partial charge >= 0.3 is 5.69 Å². The monoisotopic (exact) mass is 311 g/mol. The molecule has 1 aromatic rings. The summed E-state index contributed by atoms with van der Waals surface area (Å²) in [6, 6.07) is 0.235. The van der Waals surface area contributed by atoms with E-state index in [1.54, 1.807) is 0 Å². The number of nitro groups is 1. The Kier molecular flexibility index (Phi) is 5.60.